The molecule has 1 aliphatic heterocycles. The van der Waals surface area contributed by atoms with Crippen molar-refractivity contribution in [2.24, 2.45) is 29.6 Å². The third-order valence-electron chi connectivity index (χ3n) is 8.01. The Bertz CT molecular complexity index is 928. The van der Waals surface area contributed by atoms with Crippen molar-refractivity contribution in [3.05, 3.63) is 35.9 Å². The first kappa shape index (κ1) is 21.9. The standard InChI is InChI=1S/C24H32N2O5S/c27-22(15-31-24(28)23-20-11-18-10-19(13-20)14-21(23)12-18)25-6-8-26(9-7-25)32(29,30)16-17-4-2-1-3-5-17/h1-5,18-21,23H,6-16H2. The van der Waals surface area contributed by atoms with Crippen molar-refractivity contribution in [2.45, 2.75) is 37.9 Å². The molecule has 1 saturated heterocycles. The summed E-state index contributed by atoms with van der Waals surface area (Å²) in [7, 11) is -3.43. The number of rotatable bonds is 6. The molecule has 0 radical (unpaired) electrons. The van der Waals surface area contributed by atoms with E-state index in [2.05, 4.69) is 0 Å². The number of ether oxygens (including phenoxy) is 1. The maximum absolute atomic E-state index is 12.8. The van der Waals surface area contributed by atoms with E-state index in [0.29, 0.717) is 24.9 Å². The predicted octanol–water partition coefficient (Wildman–Crippen LogP) is 2.28. The second-order valence-electron chi connectivity index (χ2n) is 10.1. The molecule has 5 fully saturated rings. The first-order valence-electron chi connectivity index (χ1n) is 11.8. The van der Waals surface area contributed by atoms with Gasteiger partial charge in [0.2, 0.25) is 10.0 Å². The molecule has 0 aromatic heterocycles. The number of carbonyl (C=O) groups is 2. The highest BCUT2D eigenvalue weighted by Crippen LogP contribution is 2.56. The zero-order chi connectivity index (χ0) is 22.3. The van der Waals surface area contributed by atoms with Gasteiger partial charge in [0.1, 0.15) is 0 Å². The average Bonchev–Trinajstić information content (AvgIpc) is 2.77. The summed E-state index contributed by atoms with van der Waals surface area (Å²) < 4.78 is 32.3. The van der Waals surface area contributed by atoms with E-state index < -0.39 is 10.0 Å². The van der Waals surface area contributed by atoms with Gasteiger partial charge in [0, 0.05) is 26.2 Å². The van der Waals surface area contributed by atoms with E-state index in [4.69, 9.17) is 4.74 Å². The van der Waals surface area contributed by atoms with Crippen molar-refractivity contribution in [3.63, 3.8) is 0 Å². The lowest BCUT2D eigenvalue weighted by atomic mass is 9.52. The normalized spacial score (nSPS) is 32.1. The number of hydrogen-bond donors (Lipinski definition) is 0. The molecular weight excluding hydrogens is 428 g/mol. The number of sulfonamides is 1. The Labute approximate surface area is 190 Å². The molecule has 0 unspecified atom stereocenters. The van der Waals surface area contributed by atoms with Crippen LogP contribution >= 0.6 is 0 Å². The fourth-order valence-corrected chi connectivity index (χ4v) is 8.24. The Morgan fingerprint density at radius 2 is 1.47 bits per heavy atom. The molecule has 174 valence electrons. The van der Waals surface area contributed by atoms with Gasteiger partial charge in [0.05, 0.1) is 11.7 Å². The molecule has 4 saturated carbocycles. The highest BCUT2D eigenvalue weighted by atomic mass is 32.2. The van der Waals surface area contributed by atoms with Gasteiger partial charge in [0.25, 0.3) is 5.91 Å². The van der Waals surface area contributed by atoms with Crippen molar-refractivity contribution < 1.29 is 22.7 Å². The van der Waals surface area contributed by atoms with Crippen LogP contribution in [0.1, 0.15) is 37.7 Å². The van der Waals surface area contributed by atoms with Gasteiger partial charge in [0.15, 0.2) is 6.61 Å². The van der Waals surface area contributed by atoms with Crippen molar-refractivity contribution in [2.75, 3.05) is 32.8 Å². The molecule has 1 aromatic rings. The minimum atomic E-state index is -3.43. The minimum absolute atomic E-state index is 0.0319. The number of esters is 1. The SMILES string of the molecule is O=C(OCC(=O)N1CCN(S(=O)(=O)Cc2ccccc2)CC1)C1C2CC3CC(C2)CC1C3. The summed E-state index contributed by atoms with van der Waals surface area (Å²) >= 11 is 0. The molecule has 1 amide bonds. The van der Waals surface area contributed by atoms with Gasteiger partial charge in [-0.25, -0.2) is 8.42 Å². The van der Waals surface area contributed by atoms with Crippen LogP contribution in [-0.2, 0) is 30.1 Å². The summed E-state index contributed by atoms with van der Waals surface area (Å²) in [5.41, 5.74) is 0.753. The highest BCUT2D eigenvalue weighted by Gasteiger charge is 2.51. The summed E-state index contributed by atoms with van der Waals surface area (Å²) in [6, 6.07) is 9.11. The number of benzene rings is 1. The van der Waals surface area contributed by atoms with E-state index in [1.54, 1.807) is 17.0 Å². The molecule has 0 N–H and O–H groups in total. The van der Waals surface area contributed by atoms with Crippen molar-refractivity contribution in [3.8, 4) is 0 Å². The third kappa shape index (κ3) is 4.44. The van der Waals surface area contributed by atoms with Crippen LogP contribution in [0.3, 0.4) is 0 Å². The highest BCUT2D eigenvalue weighted by molar-refractivity contribution is 7.88. The fourth-order valence-electron chi connectivity index (χ4n) is 6.72. The van der Waals surface area contributed by atoms with Gasteiger partial charge >= 0.3 is 5.97 Å². The monoisotopic (exact) mass is 460 g/mol. The van der Waals surface area contributed by atoms with Crippen LogP contribution in [0.5, 0.6) is 0 Å². The van der Waals surface area contributed by atoms with Gasteiger partial charge in [-0.2, -0.15) is 4.31 Å². The van der Waals surface area contributed by atoms with Crippen LogP contribution in [0.2, 0.25) is 0 Å². The van der Waals surface area contributed by atoms with Crippen LogP contribution in [-0.4, -0.2) is 62.3 Å². The van der Waals surface area contributed by atoms with Crippen LogP contribution in [0.4, 0.5) is 0 Å². The molecular formula is C24H32N2O5S. The number of nitrogens with zero attached hydrogens (tertiary/aromatic N) is 2. The predicted molar refractivity (Wildman–Crippen MR) is 119 cm³/mol. The van der Waals surface area contributed by atoms with Gasteiger partial charge in [-0.15, -0.1) is 0 Å². The van der Waals surface area contributed by atoms with E-state index in [9.17, 15) is 18.0 Å². The molecule has 4 bridgehead atoms. The zero-order valence-electron chi connectivity index (χ0n) is 18.4. The van der Waals surface area contributed by atoms with E-state index in [1.807, 2.05) is 18.2 Å². The molecule has 7 nitrogen and oxygen atoms in total. The molecule has 8 heteroatoms. The lowest BCUT2D eigenvalue weighted by Crippen LogP contribution is -2.52. The van der Waals surface area contributed by atoms with Gasteiger partial charge < -0.3 is 9.64 Å². The molecule has 1 aromatic carbocycles. The van der Waals surface area contributed by atoms with Crippen LogP contribution in [0.25, 0.3) is 0 Å². The maximum atomic E-state index is 12.8. The van der Waals surface area contributed by atoms with Gasteiger partial charge in [-0.1, -0.05) is 30.3 Å². The molecule has 5 aliphatic rings. The number of amides is 1. The van der Waals surface area contributed by atoms with Crippen molar-refractivity contribution in [1.29, 1.82) is 0 Å². The Morgan fingerprint density at radius 1 is 0.875 bits per heavy atom. The van der Waals surface area contributed by atoms with E-state index in [-0.39, 0.29) is 43.2 Å². The van der Waals surface area contributed by atoms with E-state index >= 15 is 0 Å². The number of hydrogen-bond acceptors (Lipinski definition) is 5. The largest absolute Gasteiger partial charge is 0.455 e. The van der Waals surface area contributed by atoms with Gasteiger partial charge in [-0.05, 0) is 61.3 Å². The summed E-state index contributed by atoms with van der Waals surface area (Å²) in [4.78, 5) is 27.0. The second kappa shape index (κ2) is 8.78. The third-order valence-corrected chi connectivity index (χ3v) is 9.86. The fraction of sp³-hybridized carbons (Fsp3) is 0.667. The second-order valence-corrected chi connectivity index (χ2v) is 12.1. The average molecular weight is 461 g/mol. The van der Waals surface area contributed by atoms with Crippen LogP contribution in [0.15, 0.2) is 30.3 Å². The summed E-state index contributed by atoms with van der Waals surface area (Å²) in [6.45, 7) is 0.943. The molecule has 32 heavy (non-hydrogen) atoms. The summed E-state index contributed by atoms with van der Waals surface area (Å²) in [5.74, 6) is 1.95. The maximum Gasteiger partial charge on any atom is 0.310 e. The van der Waals surface area contributed by atoms with Crippen molar-refractivity contribution in [1.82, 2.24) is 9.21 Å². The quantitative estimate of drug-likeness (QED) is 0.608. The lowest BCUT2D eigenvalue weighted by molar-refractivity contribution is -0.166. The number of carbonyl (C=O) groups excluding carboxylic acids is 2. The van der Waals surface area contributed by atoms with Crippen molar-refractivity contribution >= 4 is 21.9 Å². The summed E-state index contributed by atoms with van der Waals surface area (Å²) in [6.07, 6.45) is 5.89. The Hall–Kier alpha value is -1.93. The molecule has 0 atom stereocenters. The molecule has 1 heterocycles. The van der Waals surface area contributed by atoms with E-state index in [0.717, 1.165) is 43.1 Å². The minimum Gasteiger partial charge on any atom is -0.455 e. The molecule has 0 spiro atoms. The Morgan fingerprint density at radius 3 is 2.06 bits per heavy atom. The Kier molecular flexibility index (Phi) is 6.01. The lowest BCUT2D eigenvalue weighted by Gasteiger charge is -2.53. The topological polar surface area (TPSA) is 84.0 Å². The first-order valence-corrected chi connectivity index (χ1v) is 13.5. The van der Waals surface area contributed by atoms with Gasteiger partial charge in [-0.3, -0.25) is 9.59 Å². The summed E-state index contributed by atoms with van der Waals surface area (Å²) in [5, 5.41) is 0. The van der Waals surface area contributed by atoms with Crippen LogP contribution in [0, 0.1) is 29.6 Å². The smallest absolute Gasteiger partial charge is 0.310 e. The first-order chi connectivity index (χ1) is 15.4. The van der Waals surface area contributed by atoms with Crippen LogP contribution < -0.4 is 0 Å². The molecule has 6 rings (SSSR count). The van der Waals surface area contributed by atoms with E-state index in [1.165, 1.54) is 10.7 Å². The number of piperazine rings is 1. The zero-order valence-corrected chi connectivity index (χ0v) is 19.2. The molecule has 4 aliphatic carbocycles. The Balaban J connectivity index is 1.09.